The number of alkyl halides is 3. The van der Waals surface area contributed by atoms with Crippen molar-refractivity contribution in [3.05, 3.63) is 100 Å². The van der Waals surface area contributed by atoms with Crippen LogP contribution in [0.5, 0.6) is 0 Å². The summed E-state index contributed by atoms with van der Waals surface area (Å²) >= 11 is 0. The summed E-state index contributed by atoms with van der Waals surface area (Å²) in [6.07, 6.45) is 1.10. The second kappa shape index (κ2) is 10.9. The van der Waals surface area contributed by atoms with Crippen molar-refractivity contribution >= 4 is 34.0 Å². The van der Waals surface area contributed by atoms with Gasteiger partial charge in [0.15, 0.2) is 9.84 Å². The first-order valence-corrected chi connectivity index (χ1v) is 12.6. The number of nitrogens with zero attached hydrogens (tertiary/aromatic N) is 1. The first kappa shape index (κ1) is 26.8. The van der Waals surface area contributed by atoms with E-state index in [1.807, 2.05) is 6.07 Å². The third kappa shape index (κ3) is 7.12. The van der Waals surface area contributed by atoms with E-state index in [0.29, 0.717) is 16.7 Å². The summed E-state index contributed by atoms with van der Waals surface area (Å²) in [5.41, 5.74) is 7.07. The fraction of sp³-hybridized carbons (Fsp3) is 0.154. The van der Waals surface area contributed by atoms with Crippen LogP contribution in [0, 0.1) is 6.92 Å². The molecule has 6 nitrogen and oxygen atoms in total. The van der Waals surface area contributed by atoms with E-state index >= 15 is 0 Å². The molecule has 0 aliphatic carbocycles. The zero-order valence-corrected chi connectivity index (χ0v) is 20.3. The minimum absolute atomic E-state index is 0.0361. The van der Waals surface area contributed by atoms with Crippen molar-refractivity contribution in [2.24, 2.45) is 5.73 Å². The Hall–Kier alpha value is -3.76. The Balaban J connectivity index is 1.81. The normalized spacial score (nSPS) is 13.3. The smallest absolute Gasteiger partial charge is 0.333 e. The SMILES string of the molecule is Cc1cc(C(N)NC(=O)C=Cc2ccc(C(F)(F)F)nc2C=Cc2ccccc2)ccc1S(C)(=O)=O. The van der Waals surface area contributed by atoms with Crippen molar-refractivity contribution < 1.29 is 26.4 Å². The Morgan fingerprint density at radius 1 is 1.03 bits per heavy atom. The molecule has 0 aliphatic heterocycles. The van der Waals surface area contributed by atoms with Crippen LogP contribution in [0.15, 0.2) is 71.6 Å². The Bertz CT molecular complexity index is 1420. The second-order valence-corrected chi connectivity index (χ2v) is 10.0. The van der Waals surface area contributed by atoms with Gasteiger partial charge in [0, 0.05) is 17.9 Å². The molecule has 1 aromatic heterocycles. The lowest BCUT2D eigenvalue weighted by atomic mass is 10.1. The summed E-state index contributed by atoms with van der Waals surface area (Å²) in [5.74, 6) is -0.592. The molecule has 0 saturated heterocycles. The standard InChI is InChI=1S/C26H24F3N3O3S/c1-17-16-20(9-13-22(17)36(2,34)35)25(30)32-24(33)15-11-19-10-14-23(26(27,28)29)31-21(19)12-8-18-6-4-3-5-7-18/h3-16,25H,30H2,1-2H3,(H,32,33). The van der Waals surface area contributed by atoms with Gasteiger partial charge in [0.2, 0.25) is 5.91 Å². The average Bonchev–Trinajstić information content (AvgIpc) is 2.80. The molecule has 0 fully saturated rings. The number of pyridine rings is 1. The first-order valence-electron chi connectivity index (χ1n) is 10.7. The summed E-state index contributed by atoms with van der Waals surface area (Å²) < 4.78 is 63.1. The van der Waals surface area contributed by atoms with E-state index in [0.717, 1.165) is 24.0 Å². The largest absolute Gasteiger partial charge is 0.433 e. The van der Waals surface area contributed by atoms with Crippen molar-refractivity contribution in [3.8, 4) is 0 Å². The van der Waals surface area contributed by atoms with E-state index in [2.05, 4.69) is 10.3 Å². The van der Waals surface area contributed by atoms with Crippen LogP contribution in [0.25, 0.3) is 18.2 Å². The predicted molar refractivity (Wildman–Crippen MR) is 133 cm³/mol. The van der Waals surface area contributed by atoms with Crippen molar-refractivity contribution in [1.82, 2.24) is 10.3 Å². The number of sulfone groups is 1. The number of carbonyl (C=O) groups is 1. The van der Waals surface area contributed by atoms with Crippen molar-refractivity contribution in [3.63, 3.8) is 0 Å². The number of benzene rings is 2. The summed E-state index contributed by atoms with van der Waals surface area (Å²) in [5, 5.41) is 2.55. The molecule has 3 N–H and O–H groups in total. The van der Waals surface area contributed by atoms with Gasteiger partial charge in [0.25, 0.3) is 0 Å². The number of amides is 1. The summed E-state index contributed by atoms with van der Waals surface area (Å²) in [6, 6.07) is 15.6. The highest BCUT2D eigenvalue weighted by Gasteiger charge is 2.32. The van der Waals surface area contributed by atoms with Gasteiger partial charge >= 0.3 is 6.18 Å². The molecule has 1 unspecified atom stereocenters. The fourth-order valence-electron chi connectivity index (χ4n) is 3.39. The lowest BCUT2D eigenvalue weighted by Gasteiger charge is -2.15. The highest BCUT2D eigenvalue weighted by molar-refractivity contribution is 7.90. The monoisotopic (exact) mass is 515 g/mol. The van der Waals surface area contributed by atoms with Crippen LogP contribution in [0.1, 0.15) is 39.8 Å². The number of halogens is 3. The number of carbonyl (C=O) groups excluding carboxylic acids is 1. The highest BCUT2D eigenvalue weighted by atomic mass is 32.2. The van der Waals surface area contributed by atoms with Gasteiger partial charge in [0.05, 0.1) is 10.6 Å². The van der Waals surface area contributed by atoms with Gasteiger partial charge in [-0.1, -0.05) is 54.6 Å². The molecule has 0 spiro atoms. The van der Waals surface area contributed by atoms with Gasteiger partial charge in [-0.25, -0.2) is 13.4 Å². The van der Waals surface area contributed by atoms with Crippen molar-refractivity contribution in [2.45, 2.75) is 24.2 Å². The number of hydrogen-bond acceptors (Lipinski definition) is 5. The molecular weight excluding hydrogens is 491 g/mol. The summed E-state index contributed by atoms with van der Waals surface area (Å²) in [6.45, 7) is 1.62. The molecule has 0 aliphatic rings. The van der Waals surface area contributed by atoms with Crippen LogP contribution in [0.3, 0.4) is 0 Å². The molecule has 0 saturated carbocycles. The molecule has 2 aromatic carbocycles. The second-order valence-electron chi connectivity index (χ2n) is 8.03. The zero-order chi connectivity index (χ0) is 26.5. The minimum atomic E-state index is -4.62. The zero-order valence-electron chi connectivity index (χ0n) is 19.5. The van der Waals surface area contributed by atoms with Crippen LogP contribution < -0.4 is 11.1 Å². The number of rotatable bonds is 7. The van der Waals surface area contributed by atoms with Gasteiger partial charge in [-0.3, -0.25) is 4.79 Å². The number of nitrogens with two attached hydrogens (primary N) is 1. The van der Waals surface area contributed by atoms with Gasteiger partial charge < -0.3 is 11.1 Å². The minimum Gasteiger partial charge on any atom is -0.333 e. The Morgan fingerprint density at radius 3 is 2.33 bits per heavy atom. The first-order chi connectivity index (χ1) is 16.8. The van der Waals surface area contributed by atoms with Crippen LogP contribution in [-0.4, -0.2) is 25.6 Å². The third-order valence-electron chi connectivity index (χ3n) is 5.15. The lowest BCUT2D eigenvalue weighted by Crippen LogP contribution is -2.33. The molecule has 0 bridgehead atoms. The Labute approximate surface area is 207 Å². The van der Waals surface area contributed by atoms with Crippen LogP contribution in [0.4, 0.5) is 13.2 Å². The molecule has 1 amide bonds. The topological polar surface area (TPSA) is 102 Å². The number of hydrogen-bond donors (Lipinski definition) is 2. The number of aryl methyl sites for hydroxylation is 1. The van der Waals surface area contributed by atoms with Gasteiger partial charge in [0.1, 0.15) is 11.9 Å². The van der Waals surface area contributed by atoms with Crippen LogP contribution in [0.2, 0.25) is 0 Å². The molecule has 1 atom stereocenters. The highest BCUT2D eigenvalue weighted by Crippen LogP contribution is 2.29. The molecule has 1 heterocycles. The summed E-state index contributed by atoms with van der Waals surface area (Å²) in [4.78, 5) is 16.3. The van der Waals surface area contributed by atoms with E-state index in [4.69, 9.17) is 5.73 Å². The number of aromatic nitrogens is 1. The van der Waals surface area contributed by atoms with E-state index in [1.54, 1.807) is 43.3 Å². The Kier molecular flexibility index (Phi) is 8.11. The molecular formula is C26H24F3N3O3S. The molecule has 0 radical (unpaired) electrons. The van der Waals surface area contributed by atoms with E-state index in [-0.39, 0.29) is 10.6 Å². The molecule has 3 rings (SSSR count). The van der Waals surface area contributed by atoms with Crippen molar-refractivity contribution in [2.75, 3.05) is 6.26 Å². The fourth-order valence-corrected chi connectivity index (χ4v) is 4.35. The van der Waals surface area contributed by atoms with Gasteiger partial charge in [-0.05, 0) is 47.9 Å². The predicted octanol–water partition coefficient (Wildman–Crippen LogP) is 4.77. The Morgan fingerprint density at radius 2 is 1.72 bits per heavy atom. The van der Waals surface area contributed by atoms with E-state index in [1.165, 1.54) is 30.4 Å². The summed E-state index contributed by atoms with van der Waals surface area (Å²) in [7, 11) is -3.40. The molecule has 3 aromatic rings. The third-order valence-corrected chi connectivity index (χ3v) is 6.41. The molecule has 10 heteroatoms. The number of nitrogens with one attached hydrogen (secondary N) is 1. The maximum absolute atomic E-state index is 13.2. The van der Waals surface area contributed by atoms with E-state index < -0.39 is 33.8 Å². The maximum atomic E-state index is 13.2. The van der Waals surface area contributed by atoms with Crippen molar-refractivity contribution in [1.29, 1.82) is 0 Å². The van der Waals surface area contributed by atoms with Gasteiger partial charge in [-0.2, -0.15) is 13.2 Å². The van der Waals surface area contributed by atoms with E-state index in [9.17, 15) is 26.4 Å². The quantitative estimate of drug-likeness (QED) is 0.349. The molecule has 36 heavy (non-hydrogen) atoms. The lowest BCUT2D eigenvalue weighted by molar-refractivity contribution is -0.141. The van der Waals surface area contributed by atoms with Crippen LogP contribution in [-0.2, 0) is 20.8 Å². The maximum Gasteiger partial charge on any atom is 0.433 e. The van der Waals surface area contributed by atoms with Crippen LogP contribution >= 0.6 is 0 Å². The van der Waals surface area contributed by atoms with Gasteiger partial charge in [-0.15, -0.1) is 0 Å². The average molecular weight is 516 g/mol. The molecule has 188 valence electrons.